The molecule has 118 valence electrons. The van der Waals surface area contributed by atoms with Crippen LogP contribution in [-0.2, 0) is 0 Å². The molecule has 0 N–H and O–H groups in total. The van der Waals surface area contributed by atoms with Crippen LogP contribution >= 0.6 is 0 Å². The number of benzene rings is 1. The molecule has 0 aliphatic carbocycles. The Morgan fingerprint density at radius 1 is 0.952 bits per heavy atom. The van der Waals surface area contributed by atoms with Crippen LogP contribution < -0.4 is 9.64 Å². The van der Waals surface area contributed by atoms with Crippen molar-refractivity contribution in [2.45, 2.75) is 39.8 Å². The van der Waals surface area contributed by atoms with E-state index in [4.69, 9.17) is 4.74 Å². The van der Waals surface area contributed by atoms with Crippen LogP contribution in [0.15, 0.2) is 12.1 Å². The summed E-state index contributed by atoms with van der Waals surface area (Å²) in [4.78, 5) is 4.09. The molecule has 0 atom stereocenters. The molecule has 0 radical (unpaired) electrons. The normalized spacial score (nSPS) is 16.9. The summed E-state index contributed by atoms with van der Waals surface area (Å²) in [6.07, 6.45) is -0.107. The van der Waals surface area contributed by atoms with Crippen molar-refractivity contribution in [2.24, 2.45) is 0 Å². The highest BCUT2D eigenvalue weighted by Gasteiger charge is 2.24. The first-order chi connectivity index (χ1) is 9.88. The smallest absolute Gasteiger partial charge is 0.153 e. The van der Waals surface area contributed by atoms with Gasteiger partial charge >= 0.3 is 0 Å². The van der Waals surface area contributed by atoms with Gasteiger partial charge in [0.15, 0.2) is 11.6 Å². The van der Waals surface area contributed by atoms with E-state index in [1.807, 2.05) is 13.8 Å². The molecule has 1 aromatic rings. The lowest BCUT2D eigenvalue weighted by Gasteiger charge is -2.38. The van der Waals surface area contributed by atoms with Gasteiger partial charge in [0, 0.05) is 44.4 Å². The van der Waals surface area contributed by atoms with Gasteiger partial charge in [-0.3, -0.25) is 4.90 Å². The van der Waals surface area contributed by atoms with Crippen LogP contribution in [0.4, 0.5) is 14.5 Å². The van der Waals surface area contributed by atoms with E-state index in [2.05, 4.69) is 18.7 Å². The third-order valence-corrected chi connectivity index (χ3v) is 3.72. The molecule has 0 amide bonds. The third kappa shape index (κ3) is 3.84. The van der Waals surface area contributed by atoms with Crippen molar-refractivity contribution in [2.75, 3.05) is 31.1 Å². The zero-order chi connectivity index (χ0) is 15.6. The quantitative estimate of drug-likeness (QED) is 0.848. The van der Waals surface area contributed by atoms with Crippen LogP contribution in [0.1, 0.15) is 27.7 Å². The average Bonchev–Trinajstić information content (AvgIpc) is 2.37. The predicted molar refractivity (Wildman–Crippen MR) is 81.0 cm³/mol. The van der Waals surface area contributed by atoms with Crippen molar-refractivity contribution in [1.29, 1.82) is 0 Å². The van der Waals surface area contributed by atoms with Gasteiger partial charge in [-0.05, 0) is 27.7 Å². The molecule has 1 heterocycles. The second-order valence-electron chi connectivity index (χ2n) is 6.02. The van der Waals surface area contributed by atoms with Crippen molar-refractivity contribution >= 4 is 5.69 Å². The van der Waals surface area contributed by atoms with Gasteiger partial charge in [-0.2, -0.15) is 0 Å². The minimum absolute atomic E-state index is 0.0644. The monoisotopic (exact) mass is 298 g/mol. The molecule has 0 spiro atoms. The Morgan fingerprint density at radius 2 is 1.48 bits per heavy atom. The van der Waals surface area contributed by atoms with Gasteiger partial charge in [-0.15, -0.1) is 0 Å². The van der Waals surface area contributed by atoms with Gasteiger partial charge in [-0.25, -0.2) is 8.78 Å². The van der Waals surface area contributed by atoms with E-state index >= 15 is 0 Å². The van der Waals surface area contributed by atoms with E-state index in [0.29, 0.717) is 19.1 Å². The topological polar surface area (TPSA) is 15.7 Å². The molecule has 0 unspecified atom stereocenters. The molecular formula is C16H24F2N2O. The van der Waals surface area contributed by atoms with Crippen molar-refractivity contribution in [3.05, 3.63) is 23.8 Å². The Kier molecular flexibility index (Phi) is 5.04. The van der Waals surface area contributed by atoms with E-state index < -0.39 is 11.6 Å². The summed E-state index contributed by atoms with van der Waals surface area (Å²) >= 11 is 0. The molecule has 0 bridgehead atoms. The molecule has 0 aromatic heterocycles. The maximum Gasteiger partial charge on any atom is 0.153 e. The Balaban J connectivity index is 2.14. The molecule has 0 saturated carbocycles. The largest absolute Gasteiger partial charge is 0.491 e. The fourth-order valence-electron chi connectivity index (χ4n) is 2.65. The van der Waals surface area contributed by atoms with Crippen molar-refractivity contribution in [1.82, 2.24) is 4.90 Å². The molecule has 1 saturated heterocycles. The number of nitrogens with zero attached hydrogens (tertiary/aromatic N) is 2. The van der Waals surface area contributed by atoms with Gasteiger partial charge in [-0.1, -0.05) is 0 Å². The standard InChI is InChI=1S/C16H24F2N2O/c1-11(2)19-5-7-20(8-6-19)16-14(17)9-13(10-15(16)18)21-12(3)4/h9-12H,5-8H2,1-4H3. The number of piperazine rings is 1. The summed E-state index contributed by atoms with van der Waals surface area (Å²) in [6.45, 7) is 10.8. The molecule has 1 fully saturated rings. The highest BCUT2D eigenvalue weighted by Crippen LogP contribution is 2.29. The van der Waals surface area contributed by atoms with Gasteiger partial charge in [0.05, 0.1) is 6.10 Å². The van der Waals surface area contributed by atoms with Crippen LogP contribution in [0.5, 0.6) is 5.75 Å². The van der Waals surface area contributed by atoms with Gasteiger partial charge in [0.1, 0.15) is 11.4 Å². The van der Waals surface area contributed by atoms with E-state index in [1.54, 1.807) is 4.90 Å². The van der Waals surface area contributed by atoms with Crippen LogP contribution in [0, 0.1) is 11.6 Å². The average molecular weight is 298 g/mol. The van der Waals surface area contributed by atoms with E-state index in [0.717, 1.165) is 13.1 Å². The fraction of sp³-hybridized carbons (Fsp3) is 0.625. The van der Waals surface area contributed by atoms with Gasteiger partial charge < -0.3 is 9.64 Å². The molecule has 1 aliphatic heterocycles. The lowest BCUT2D eigenvalue weighted by molar-refractivity contribution is 0.208. The molecule has 1 aliphatic rings. The maximum atomic E-state index is 14.2. The van der Waals surface area contributed by atoms with Gasteiger partial charge in [0.25, 0.3) is 0 Å². The minimum atomic E-state index is -0.552. The van der Waals surface area contributed by atoms with Crippen LogP contribution in [0.25, 0.3) is 0 Å². The maximum absolute atomic E-state index is 14.2. The molecular weight excluding hydrogens is 274 g/mol. The second-order valence-corrected chi connectivity index (χ2v) is 6.02. The molecule has 1 aromatic carbocycles. The number of halogens is 2. The number of rotatable bonds is 4. The van der Waals surface area contributed by atoms with E-state index in [9.17, 15) is 8.78 Å². The Hall–Kier alpha value is -1.36. The highest BCUT2D eigenvalue weighted by molar-refractivity contribution is 5.52. The van der Waals surface area contributed by atoms with Crippen molar-refractivity contribution in [3.8, 4) is 5.75 Å². The number of hydrogen-bond acceptors (Lipinski definition) is 3. The second kappa shape index (κ2) is 6.60. The zero-order valence-electron chi connectivity index (χ0n) is 13.2. The fourth-order valence-corrected chi connectivity index (χ4v) is 2.65. The number of hydrogen-bond donors (Lipinski definition) is 0. The first-order valence-electron chi connectivity index (χ1n) is 7.53. The minimum Gasteiger partial charge on any atom is -0.491 e. The summed E-state index contributed by atoms with van der Waals surface area (Å²) < 4.78 is 33.8. The highest BCUT2D eigenvalue weighted by atomic mass is 19.1. The summed E-state index contributed by atoms with van der Waals surface area (Å²) in [5.74, 6) is -0.864. The van der Waals surface area contributed by atoms with Crippen LogP contribution in [-0.4, -0.2) is 43.2 Å². The first kappa shape index (κ1) is 16.0. The Morgan fingerprint density at radius 3 is 1.90 bits per heavy atom. The molecule has 21 heavy (non-hydrogen) atoms. The number of anilines is 1. The number of ether oxygens (including phenoxy) is 1. The lowest BCUT2D eigenvalue weighted by atomic mass is 10.2. The molecule has 5 heteroatoms. The van der Waals surface area contributed by atoms with Crippen molar-refractivity contribution < 1.29 is 13.5 Å². The summed E-state index contributed by atoms with van der Waals surface area (Å²) in [5, 5.41) is 0. The Labute approximate surface area is 125 Å². The molecule has 2 rings (SSSR count). The summed E-state index contributed by atoms with van der Waals surface area (Å²) in [6, 6.07) is 3.00. The molecule has 3 nitrogen and oxygen atoms in total. The summed E-state index contributed by atoms with van der Waals surface area (Å²) in [7, 11) is 0. The van der Waals surface area contributed by atoms with Crippen molar-refractivity contribution in [3.63, 3.8) is 0 Å². The zero-order valence-corrected chi connectivity index (χ0v) is 13.2. The lowest BCUT2D eigenvalue weighted by Crippen LogP contribution is -2.49. The van der Waals surface area contributed by atoms with E-state index in [-0.39, 0.29) is 17.5 Å². The Bertz CT molecular complexity index is 460. The van der Waals surface area contributed by atoms with Crippen LogP contribution in [0.2, 0.25) is 0 Å². The van der Waals surface area contributed by atoms with Crippen LogP contribution in [0.3, 0.4) is 0 Å². The third-order valence-electron chi connectivity index (χ3n) is 3.72. The summed E-state index contributed by atoms with van der Waals surface area (Å²) in [5.41, 5.74) is 0.0644. The SMILES string of the molecule is CC(C)Oc1cc(F)c(N2CCN(C(C)C)CC2)c(F)c1. The van der Waals surface area contributed by atoms with E-state index in [1.165, 1.54) is 12.1 Å². The first-order valence-corrected chi connectivity index (χ1v) is 7.53. The van der Waals surface area contributed by atoms with Gasteiger partial charge in [0.2, 0.25) is 0 Å². The predicted octanol–water partition coefficient (Wildman–Crippen LogP) is 3.28.